The monoisotopic (exact) mass is 194 g/mol. The number of carbonyl (C=O) groups is 1. The van der Waals surface area contributed by atoms with Crippen LogP contribution in [0.5, 0.6) is 0 Å². The molecule has 0 aromatic heterocycles. The summed E-state index contributed by atoms with van der Waals surface area (Å²) in [6, 6.07) is 8.29. The molecule has 0 unspecified atom stereocenters. The van der Waals surface area contributed by atoms with Crippen molar-refractivity contribution in [3.05, 3.63) is 35.4 Å². The molecule has 0 aliphatic heterocycles. The molecular formula is C13H22O. The lowest BCUT2D eigenvalue weighted by Crippen LogP contribution is -1.93. The van der Waals surface area contributed by atoms with Crippen LogP contribution in [0.4, 0.5) is 0 Å². The van der Waals surface area contributed by atoms with Gasteiger partial charge in [0, 0.05) is 7.85 Å². The van der Waals surface area contributed by atoms with Gasteiger partial charge in [-0.1, -0.05) is 43.7 Å². The summed E-state index contributed by atoms with van der Waals surface area (Å²) in [5, 5.41) is 0. The molecule has 0 spiro atoms. The molecule has 0 atom stereocenters. The van der Waals surface area contributed by atoms with Crippen molar-refractivity contribution in [1.82, 2.24) is 0 Å². The topological polar surface area (TPSA) is 17.1 Å². The minimum Gasteiger partial charge on any atom is -0.300 e. The molecule has 0 aliphatic carbocycles. The van der Waals surface area contributed by atoms with Gasteiger partial charge in [-0.15, -0.1) is 0 Å². The van der Waals surface area contributed by atoms with Gasteiger partial charge in [0.25, 0.3) is 0 Å². The second-order valence-corrected chi connectivity index (χ2v) is 3.19. The predicted octanol–water partition coefficient (Wildman–Crippen LogP) is 3.79. The van der Waals surface area contributed by atoms with E-state index in [0.29, 0.717) is 6.42 Å². The van der Waals surface area contributed by atoms with Crippen molar-refractivity contribution in [1.29, 1.82) is 0 Å². The van der Waals surface area contributed by atoms with Gasteiger partial charge in [0.15, 0.2) is 0 Å². The standard InChI is InChI=1S/C11H14O.C2H6.H2/c1-9-4-3-5-11(8-9)7-6-10(2)12;1-2;/h3-5,8H,6-7H2,1-2H3;1-2H3;1H. The minimum atomic E-state index is 0. The fourth-order valence-corrected chi connectivity index (χ4v) is 1.19. The van der Waals surface area contributed by atoms with E-state index in [9.17, 15) is 4.79 Å². The first kappa shape index (κ1) is 12.9. The largest absolute Gasteiger partial charge is 0.300 e. The van der Waals surface area contributed by atoms with Crippen molar-refractivity contribution < 1.29 is 6.22 Å². The molecule has 1 aromatic carbocycles. The average molecular weight is 194 g/mol. The summed E-state index contributed by atoms with van der Waals surface area (Å²) in [6.07, 6.45) is 1.53. The summed E-state index contributed by atoms with van der Waals surface area (Å²) < 4.78 is 0. The van der Waals surface area contributed by atoms with E-state index in [1.807, 2.05) is 19.9 Å². The Bertz CT molecular complexity index is 282. The zero-order valence-corrected chi connectivity index (χ0v) is 9.63. The maximum atomic E-state index is 10.7. The molecular weight excluding hydrogens is 172 g/mol. The Morgan fingerprint density at radius 3 is 2.50 bits per heavy atom. The molecule has 0 saturated heterocycles. The molecule has 0 amide bonds. The summed E-state index contributed by atoms with van der Waals surface area (Å²) in [7, 11) is 0. The van der Waals surface area contributed by atoms with E-state index in [4.69, 9.17) is 0 Å². The van der Waals surface area contributed by atoms with E-state index in [0.717, 1.165) is 6.42 Å². The van der Waals surface area contributed by atoms with Gasteiger partial charge >= 0.3 is 0 Å². The minimum absolute atomic E-state index is 0. The van der Waals surface area contributed by atoms with Crippen LogP contribution in [0.3, 0.4) is 0 Å². The average Bonchev–Trinajstić information content (AvgIpc) is 2.18. The highest BCUT2D eigenvalue weighted by Gasteiger charge is 1.95. The van der Waals surface area contributed by atoms with Crippen LogP contribution in [-0.4, -0.2) is 5.78 Å². The van der Waals surface area contributed by atoms with Crippen LogP contribution in [-0.2, 0) is 11.2 Å². The van der Waals surface area contributed by atoms with Crippen LogP contribution in [0, 0.1) is 6.92 Å². The number of hydrogen-bond acceptors (Lipinski definition) is 1. The summed E-state index contributed by atoms with van der Waals surface area (Å²) in [5.74, 6) is 0.261. The van der Waals surface area contributed by atoms with Crippen LogP contribution in [0.15, 0.2) is 24.3 Å². The molecule has 1 nitrogen and oxygen atoms in total. The Balaban J connectivity index is 0. The van der Waals surface area contributed by atoms with Gasteiger partial charge in [-0.05, 0) is 25.8 Å². The first-order valence-corrected chi connectivity index (χ1v) is 5.23. The number of benzene rings is 1. The lowest BCUT2D eigenvalue weighted by atomic mass is 10.1. The fourth-order valence-electron chi connectivity index (χ4n) is 1.19. The molecule has 80 valence electrons. The van der Waals surface area contributed by atoms with Gasteiger partial charge in [-0.2, -0.15) is 0 Å². The molecule has 1 aromatic rings. The van der Waals surface area contributed by atoms with Crippen molar-refractivity contribution >= 4 is 5.78 Å². The van der Waals surface area contributed by atoms with Gasteiger partial charge in [-0.25, -0.2) is 0 Å². The predicted molar refractivity (Wildman–Crippen MR) is 63.6 cm³/mol. The molecule has 0 aliphatic rings. The second kappa shape index (κ2) is 7.31. The van der Waals surface area contributed by atoms with E-state index in [1.54, 1.807) is 6.92 Å². The Hall–Kier alpha value is -1.11. The maximum Gasteiger partial charge on any atom is 0.130 e. The molecule has 0 fully saturated rings. The number of hydrogen-bond donors (Lipinski definition) is 0. The number of rotatable bonds is 3. The SMILES string of the molecule is CC.CC(=O)CCc1cccc(C)c1.[HH]. The molecule has 0 N–H and O–H groups in total. The molecule has 0 bridgehead atoms. The third-order valence-corrected chi connectivity index (χ3v) is 1.85. The fraction of sp³-hybridized carbons (Fsp3) is 0.462. The maximum absolute atomic E-state index is 10.7. The lowest BCUT2D eigenvalue weighted by molar-refractivity contribution is -0.116. The highest BCUT2D eigenvalue weighted by Crippen LogP contribution is 2.06. The highest BCUT2D eigenvalue weighted by atomic mass is 16.1. The molecule has 0 heterocycles. The third kappa shape index (κ3) is 5.52. The van der Waals surface area contributed by atoms with Crippen LogP contribution in [0.25, 0.3) is 0 Å². The Labute approximate surface area is 88.6 Å². The molecule has 14 heavy (non-hydrogen) atoms. The number of aryl methyl sites for hydroxylation is 2. The van der Waals surface area contributed by atoms with Crippen molar-refractivity contribution in [2.24, 2.45) is 0 Å². The summed E-state index contributed by atoms with van der Waals surface area (Å²) in [6.45, 7) is 7.70. The van der Waals surface area contributed by atoms with E-state index < -0.39 is 0 Å². The van der Waals surface area contributed by atoms with Crippen molar-refractivity contribution in [3.8, 4) is 0 Å². The molecule has 1 rings (SSSR count). The normalized spacial score (nSPS) is 8.86. The first-order valence-electron chi connectivity index (χ1n) is 5.23. The quantitative estimate of drug-likeness (QED) is 0.715. The molecule has 0 saturated carbocycles. The molecule has 0 radical (unpaired) electrons. The highest BCUT2D eigenvalue weighted by molar-refractivity contribution is 5.75. The first-order chi connectivity index (χ1) is 6.68. The van der Waals surface area contributed by atoms with E-state index in [-0.39, 0.29) is 7.21 Å². The van der Waals surface area contributed by atoms with Crippen LogP contribution >= 0.6 is 0 Å². The Morgan fingerprint density at radius 2 is 2.00 bits per heavy atom. The summed E-state index contributed by atoms with van der Waals surface area (Å²) >= 11 is 0. The lowest BCUT2D eigenvalue weighted by Gasteiger charge is -1.99. The Kier molecular flexibility index (Phi) is 6.73. The van der Waals surface area contributed by atoms with Gasteiger partial charge in [0.2, 0.25) is 0 Å². The van der Waals surface area contributed by atoms with Crippen LogP contribution in [0.1, 0.15) is 39.7 Å². The van der Waals surface area contributed by atoms with Crippen molar-refractivity contribution in [3.63, 3.8) is 0 Å². The Morgan fingerprint density at radius 1 is 1.36 bits per heavy atom. The number of Topliss-reactive ketones (excluding diaryl/α,β-unsaturated/α-hetero) is 1. The van der Waals surface area contributed by atoms with Gasteiger partial charge < -0.3 is 4.79 Å². The summed E-state index contributed by atoms with van der Waals surface area (Å²) in [5.41, 5.74) is 2.52. The third-order valence-electron chi connectivity index (χ3n) is 1.85. The molecule has 1 heteroatoms. The number of ketones is 1. The number of carbonyl (C=O) groups excluding carboxylic acids is 1. The van der Waals surface area contributed by atoms with Crippen molar-refractivity contribution in [2.75, 3.05) is 0 Å². The zero-order chi connectivity index (χ0) is 11.0. The van der Waals surface area contributed by atoms with Crippen LogP contribution < -0.4 is 0 Å². The zero-order valence-electron chi connectivity index (χ0n) is 9.63. The van der Waals surface area contributed by atoms with Gasteiger partial charge in [-0.3, -0.25) is 0 Å². The second-order valence-electron chi connectivity index (χ2n) is 3.19. The summed E-state index contributed by atoms with van der Waals surface area (Å²) in [4.78, 5) is 10.7. The van der Waals surface area contributed by atoms with Gasteiger partial charge in [0.1, 0.15) is 5.78 Å². The van der Waals surface area contributed by atoms with E-state index in [2.05, 4.69) is 25.1 Å². The van der Waals surface area contributed by atoms with Crippen LogP contribution in [0.2, 0.25) is 0 Å². The van der Waals surface area contributed by atoms with E-state index >= 15 is 0 Å². The van der Waals surface area contributed by atoms with Crippen molar-refractivity contribution in [2.45, 2.75) is 40.5 Å². The van der Waals surface area contributed by atoms with E-state index in [1.165, 1.54) is 11.1 Å². The van der Waals surface area contributed by atoms with Gasteiger partial charge in [0.05, 0.1) is 0 Å². The smallest absolute Gasteiger partial charge is 0.130 e.